The molecule has 1 atom stereocenters. The van der Waals surface area contributed by atoms with E-state index in [0.717, 1.165) is 68.2 Å². The Balaban J connectivity index is 1.80. The van der Waals surface area contributed by atoms with Crippen LogP contribution in [0.5, 0.6) is 11.5 Å². The standard InChI is InChI=1S/C28H37NO6/c1-5-21-13-12-20-15-27(35-14-10-8-6-7-9-11-19(2)30)26(33-3)16-22(20)24-17-25(31)23(18-29(21)24)28(32)34-4/h15-18,21H,5-14H2,1-4H3. The van der Waals surface area contributed by atoms with Crippen molar-refractivity contribution in [1.29, 1.82) is 0 Å². The van der Waals surface area contributed by atoms with Gasteiger partial charge in [0, 0.05) is 30.3 Å². The number of nitrogens with zero attached hydrogens (tertiary/aromatic N) is 1. The van der Waals surface area contributed by atoms with Gasteiger partial charge in [0.2, 0.25) is 0 Å². The van der Waals surface area contributed by atoms with Crippen molar-refractivity contribution in [2.45, 2.75) is 77.7 Å². The Morgan fingerprint density at radius 2 is 1.77 bits per heavy atom. The fourth-order valence-corrected chi connectivity index (χ4v) is 4.70. The van der Waals surface area contributed by atoms with Crippen LogP contribution in [0.4, 0.5) is 0 Å². The first-order valence-corrected chi connectivity index (χ1v) is 12.6. The van der Waals surface area contributed by atoms with Crippen LogP contribution in [0.3, 0.4) is 0 Å². The van der Waals surface area contributed by atoms with Gasteiger partial charge in [-0.05, 0) is 56.7 Å². The van der Waals surface area contributed by atoms with Gasteiger partial charge in [-0.1, -0.05) is 26.2 Å². The van der Waals surface area contributed by atoms with Gasteiger partial charge in [0.1, 0.15) is 11.3 Å². The van der Waals surface area contributed by atoms with Crippen molar-refractivity contribution in [3.8, 4) is 22.8 Å². The van der Waals surface area contributed by atoms with Gasteiger partial charge >= 0.3 is 5.97 Å². The Morgan fingerprint density at radius 1 is 1.03 bits per heavy atom. The Bertz CT molecular complexity index is 1100. The number of fused-ring (bicyclic) bond motifs is 3. The van der Waals surface area contributed by atoms with E-state index in [1.807, 2.05) is 16.7 Å². The molecule has 35 heavy (non-hydrogen) atoms. The van der Waals surface area contributed by atoms with Gasteiger partial charge in [-0.25, -0.2) is 4.79 Å². The predicted octanol–water partition coefficient (Wildman–Crippen LogP) is 5.52. The van der Waals surface area contributed by atoms with E-state index in [1.54, 1.807) is 20.2 Å². The lowest BCUT2D eigenvalue weighted by atomic mass is 9.99. The van der Waals surface area contributed by atoms with Crippen molar-refractivity contribution in [2.24, 2.45) is 0 Å². The number of carbonyl (C=O) groups excluding carboxylic acids is 2. The molecule has 0 radical (unpaired) electrons. The van der Waals surface area contributed by atoms with Crippen LogP contribution < -0.4 is 14.9 Å². The number of ether oxygens (including phenoxy) is 3. The van der Waals surface area contributed by atoms with Crippen molar-refractivity contribution < 1.29 is 23.8 Å². The lowest BCUT2D eigenvalue weighted by Crippen LogP contribution is -2.21. The van der Waals surface area contributed by atoms with Gasteiger partial charge < -0.3 is 23.6 Å². The number of unbranched alkanes of at least 4 members (excludes halogenated alkanes) is 4. The summed E-state index contributed by atoms with van der Waals surface area (Å²) in [5.41, 5.74) is 2.49. The SMILES string of the molecule is CCC1CCc2cc(OCCCCCCCC(C)=O)c(OC)cc2-c2cc(=O)c(C(=O)OC)cn21. The molecule has 7 nitrogen and oxygen atoms in total. The highest BCUT2D eigenvalue weighted by molar-refractivity contribution is 5.89. The molecule has 1 aromatic carbocycles. The molecule has 0 saturated heterocycles. The van der Waals surface area contributed by atoms with Crippen molar-refractivity contribution in [2.75, 3.05) is 20.8 Å². The zero-order valence-electron chi connectivity index (χ0n) is 21.4. The summed E-state index contributed by atoms with van der Waals surface area (Å²) in [5.74, 6) is 0.962. The second kappa shape index (κ2) is 12.6. The van der Waals surface area contributed by atoms with Crippen molar-refractivity contribution in [1.82, 2.24) is 4.57 Å². The summed E-state index contributed by atoms with van der Waals surface area (Å²) in [6.07, 6.45) is 10.00. The van der Waals surface area contributed by atoms with E-state index < -0.39 is 5.97 Å². The average Bonchev–Trinajstić information content (AvgIpc) is 2.99. The summed E-state index contributed by atoms with van der Waals surface area (Å²) in [5, 5.41) is 0. The fourth-order valence-electron chi connectivity index (χ4n) is 4.70. The topological polar surface area (TPSA) is 83.8 Å². The molecule has 1 aliphatic heterocycles. The van der Waals surface area contributed by atoms with Gasteiger partial charge in [0.05, 0.1) is 26.5 Å². The number of Topliss-reactive ketones (excluding diaryl/α,β-unsaturated/α-hetero) is 1. The number of hydrogen-bond donors (Lipinski definition) is 0. The molecule has 2 aromatic rings. The lowest BCUT2D eigenvalue weighted by molar-refractivity contribution is -0.117. The van der Waals surface area contributed by atoms with E-state index in [4.69, 9.17) is 14.2 Å². The molecular weight excluding hydrogens is 446 g/mol. The van der Waals surface area contributed by atoms with Crippen LogP contribution in [-0.4, -0.2) is 37.1 Å². The molecule has 0 bridgehead atoms. The molecule has 0 N–H and O–H groups in total. The molecule has 0 saturated carbocycles. The molecule has 0 spiro atoms. The molecule has 190 valence electrons. The number of rotatable bonds is 12. The van der Waals surface area contributed by atoms with E-state index in [2.05, 4.69) is 6.92 Å². The number of benzene rings is 1. The van der Waals surface area contributed by atoms with Crippen LogP contribution in [0.15, 0.2) is 29.2 Å². The van der Waals surface area contributed by atoms with E-state index in [1.165, 1.54) is 13.2 Å². The number of esters is 1. The maximum absolute atomic E-state index is 12.7. The Kier molecular flexibility index (Phi) is 9.52. The number of hydrogen-bond acceptors (Lipinski definition) is 6. The number of methoxy groups -OCH3 is 2. The maximum Gasteiger partial charge on any atom is 0.343 e. The number of ketones is 1. The van der Waals surface area contributed by atoms with Gasteiger partial charge in [-0.3, -0.25) is 4.79 Å². The monoisotopic (exact) mass is 483 g/mol. The normalized spacial score (nSPS) is 14.5. The fraction of sp³-hybridized carbons (Fsp3) is 0.536. The molecule has 3 rings (SSSR count). The molecular formula is C28H37NO6. The second-order valence-corrected chi connectivity index (χ2v) is 9.16. The lowest BCUT2D eigenvalue weighted by Gasteiger charge is -2.21. The molecule has 1 unspecified atom stereocenters. The number of pyridine rings is 1. The third kappa shape index (κ3) is 6.53. The van der Waals surface area contributed by atoms with E-state index >= 15 is 0 Å². The molecule has 1 aliphatic rings. The first kappa shape index (κ1) is 26.5. The first-order chi connectivity index (χ1) is 16.9. The second-order valence-electron chi connectivity index (χ2n) is 9.16. The first-order valence-electron chi connectivity index (χ1n) is 12.6. The average molecular weight is 484 g/mol. The Labute approximate surface area is 207 Å². The van der Waals surface area contributed by atoms with E-state index in [-0.39, 0.29) is 22.8 Å². The van der Waals surface area contributed by atoms with Gasteiger partial charge in [-0.2, -0.15) is 0 Å². The van der Waals surface area contributed by atoms with Crippen molar-refractivity contribution in [3.05, 3.63) is 45.7 Å². The van der Waals surface area contributed by atoms with E-state index in [0.29, 0.717) is 24.5 Å². The molecule has 0 fully saturated rings. The van der Waals surface area contributed by atoms with Crippen LogP contribution in [-0.2, 0) is 16.0 Å². The Hall–Kier alpha value is -3.09. The Morgan fingerprint density at radius 3 is 2.46 bits per heavy atom. The van der Waals surface area contributed by atoms with E-state index in [9.17, 15) is 14.4 Å². The summed E-state index contributed by atoms with van der Waals surface area (Å²) in [7, 11) is 2.90. The van der Waals surface area contributed by atoms with Crippen LogP contribution >= 0.6 is 0 Å². The quantitative estimate of drug-likeness (QED) is 0.292. The molecule has 7 heteroatoms. The summed E-state index contributed by atoms with van der Waals surface area (Å²) >= 11 is 0. The van der Waals surface area contributed by atoms with Gasteiger partial charge in [0.15, 0.2) is 16.9 Å². The van der Waals surface area contributed by atoms with Crippen LogP contribution in [0, 0.1) is 0 Å². The maximum atomic E-state index is 12.7. The zero-order chi connectivity index (χ0) is 25.4. The van der Waals surface area contributed by atoms with Gasteiger partial charge in [-0.15, -0.1) is 0 Å². The highest BCUT2D eigenvalue weighted by Gasteiger charge is 2.25. The van der Waals surface area contributed by atoms with Crippen LogP contribution in [0.1, 0.15) is 87.2 Å². The molecule has 0 aliphatic carbocycles. The minimum Gasteiger partial charge on any atom is -0.493 e. The van der Waals surface area contributed by atoms with Crippen molar-refractivity contribution >= 4 is 11.8 Å². The smallest absolute Gasteiger partial charge is 0.343 e. The van der Waals surface area contributed by atoms with Crippen molar-refractivity contribution in [3.63, 3.8) is 0 Å². The molecule has 2 heterocycles. The van der Waals surface area contributed by atoms with Crippen LogP contribution in [0.2, 0.25) is 0 Å². The van der Waals surface area contributed by atoms with Crippen LogP contribution in [0.25, 0.3) is 11.3 Å². The third-order valence-electron chi connectivity index (χ3n) is 6.69. The highest BCUT2D eigenvalue weighted by atomic mass is 16.5. The van der Waals surface area contributed by atoms with Gasteiger partial charge in [0.25, 0.3) is 0 Å². The summed E-state index contributed by atoms with van der Waals surface area (Å²) in [6.45, 7) is 4.34. The highest BCUT2D eigenvalue weighted by Crippen LogP contribution is 2.40. The minimum absolute atomic E-state index is 0.0476. The zero-order valence-corrected chi connectivity index (χ0v) is 21.4. The predicted molar refractivity (Wildman–Crippen MR) is 136 cm³/mol. The third-order valence-corrected chi connectivity index (χ3v) is 6.69. The molecule has 1 aromatic heterocycles. The largest absolute Gasteiger partial charge is 0.493 e. The number of aryl methyl sites for hydroxylation is 1. The minimum atomic E-state index is -0.621. The number of aromatic nitrogens is 1. The number of carbonyl (C=O) groups is 2. The summed E-state index contributed by atoms with van der Waals surface area (Å²) < 4.78 is 18.6. The molecule has 0 amide bonds. The summed E-state index contributed by atoms with van der Waals surface area (Å²) in [4.78, 5) is 35.9. The summed E-state index contributed by atoms with van der Waals surface area (Å²) in [6, 6.07) is 5.65.